The minimum absolute atomic E-state index is 0.0144. The summed E-state index contributed by atoms with van der Waals surface area (Å²) in [7, 11) is 5.77. The Bertz CT molecular complexity index is 451. The van der Waals surface area contributed by atoms with Crippen LogP contribution in [0, 0.1) is 0 Å². The van der Waals surface area contributed by atoms with Crippen LogP contribution in [-0.4, -0.2) is 55.2 Å². The van der Waals surface area contributed by atoms with Crippen LogP contribution in [0.1, 0.15) is 12.0 Å². The predicted molar refractivity (Wildman–Crippen MR) is 77.0 cm³/mol. The number of likely N-dealkylation sites (tertiary alicyclic amines) is 1. The first kappa shape index (κ1) is 14.4. The van der Waals surface area contributed by atoms with Crippen LogP contribution >= 0.6 is 11.6 Å². The fraction of sp³-hybridized carbons (Fsp3) is 0.571. The van der Waals surface area contributed by atoms with E-state index in [4.69, 9.17) is 16.3 Å². The van der Waals surface area contributed by atoms with E-state index in [1.54, 1.807) is 0 Å². The number of benzene rings is 1. The van der Waals surface area contributed by atoms with Gasteiger partial charge in [-0.25, -0.2) is 0 Å². The van der Waals surface area contributed by atoms with E-state index in [1.807, 2.05) is 12.1 Å². The zero-order valence-electron chi connectivity index (χ0n) is 11.7. The first-order chi connectivity index (χ1) is 9.01. The molecule has 0 saturated carbocycles. The molecule has 0 aliphatic carbocycles. The van der Waals surface area contributed by atoms with Crippen LogP contribution in [0.15, 0.2) is 12.1 Å². The first-order valence-electron chi connectivity index (χ1n) is 6.45. The first-order valence-corrected chi connectivity index (χ1v) is 6.83. The maximum Gasteiger partial charge on any atom is 0.176 e. The van der Waals surface area contributed by atoms with Crippen LogP contribution in [0.3, 0.4) is 0 Å². The van der Waals surface area contributed by atoms with Crippen molar-refractivity contribution in [3.05, 3.63) is 22.7 Å². The Morgan fingerprint density at radius 1 is 1.47 bits per heavy atom. The molecule has 1 N–H and O–H groups in total. The van der Waals surface area contributed by atoms with Gasteiger partial charge in [0.25, 0.3) is 0 Å². The van der Waals surface area contributed by atoms with Gasteiger partial charge in [0.2, 0.25) is 0 Å². The molecule has 0 spiro atoms. The van der Waals surface area contributed by atoms with Crippen molar-refractivity contribution in [2.45, 2.75) is 19.0 Å². The molecule has 1 aromatic rings. The van der Waals surface area contributed by atoms with E-state index in [1.165, 1.54) is 13.5 Å². The third kappa shape index (κ3) is 3.32. The highest BCUT2D eigenvalue weighted by Crippen LogP contribution is 2.35. The Kier molecular flexibility index (Phi) is 4.55. The Labute approximate surface area is 119 Å². The molecule has 1 saturated heterocycles. The highest BCUT2D eigenvalue weighted by molar-refractivity contribution is 6.32. The molecule has 1 unspecified atom stereocenters. The molecule has 106 valence electrons. The third-order valence-electron chi connectivity index (χ3n) is 3.69. The van der Waals surface area contributed by atoms with Gasteiger partial charge in [0.15, 0.2) is 11.5 Å². The second kappa shape index (κ2) is 5.99. The van der Waals surface area contributed by atoms with E-state index >= 15 is 0 Å². The molecular formula is C14H21ClN2O2. The van der Waals surface area contributed by atoms with Crippen molar-refractivity contribution >= 4 is 11.6 Å². The Balaban J connectivity index is 2.06. The van der Waals surface area contributed by atoms with E-state index in [9.17, 15) is 5.11 Å². The summed E-state index contributed by atoms with van der Waals surface area (Å²) < 4.78 is 5.13. The zero-order chi connectivity index (χ0) is 14.0. The molecule has 0 aromatic heterocycles. The van der Waals surface area contributed by atoms with Gasteiger partial charge in [-0.3, -0.25) is 4.90 Å². The van der Waals surface area contributed by atoms with Gasteiger partial charge >= 0.3 is 0 Å². The van der Waals surface area contributed by atoms with E-state index in [2.05, 4.69) is 23.9 Å². The Hall–Kier alpha value is -0.970. The molecule has 1 heterocycles. The molecule has 0 bridgehead atoms. The largest absolute Gasteiger partial charge is 0.503 e. The van der Waals surface area contributed by atoms with Gasteiger partial charge in [0.05, 0.1) is 12.1 Å². The number of nitrogens with zero attached hydrogens (tertiary/aromatic N) is 2. The number of halogens is 1. The summed E-state index contributed by atoms with van der Waals surface area (Å²) in [5.41, 5.74) is 1.07. The van der Waals surface area contributed by atoms with Gasteiger partial charge in [0, 0.05) is 25.7 Å². The molecule has 1 fully saturated rings. The number of ether oxygens (including phenoxy) is 1. The summed E-state index contributed by atoms with van der Waals surface area (Å²) in [6.45, 7) is 2.98. The van der Waals surface area contributed by atoms with Crippen LogP contribution in [0.4, 0.5) is 0 Å². The minimum Gasteiger partial charge on any atom is -0.503 e. The lowest BCUT2D eigenvalue weighted by Gasteiger charge is -2.20. The van der Waals surface area contributed by atoms with Crippen molar-refractivity contribution in [1.82, 2.24) is 9.80 Å². The monoisotopic (exact) mass is 284 g/mol. The fourth-order valence-electron chi connectivity index (χ4n) is 2.51. The van der Waals surface area contributed by atoms with E-state index in [0.717, 1.165) is 25.2 Å². The van der Waals surface area contributed by atoms with Crippen molar-refractivity contribution in [2.75, 3.05) is 34.3 Å². The smallest absolute Gasteiger partial charge is 0.176 e. The quantitative estimate of drug-likeness (QED) is 0.919. The summed E-state index contributed by atoms with van der Waals surface area (Å²) in [4.78, 5) is 4.66. The van der Waals surface area contributed by atoms with Crippen LogP contribution in [0.5, 0.6) is 11.5 Å². The lowest BCUT2D eigenvalue weighted by atomic mass is 10.2. The number of hydrogen-bond donors (Lipinski definition) is 1. The number of hydrogen-bond acceptors (Lipinski definition) is 4. The van der Waals surface area contributed by atoms with Gasteiger partial charge in [-0.15, -0.1) is 0 Å². The SMILES string of the molecule is COc1cc(CN2CCC(N(C)C)C2)cc(Cl)c1O. The predicted octanol–water partition coefficient (Wildman–Crippen LogP) is 2.19. The van der Waals surface area contributed by atoms with E-state index in [0.29, 0.717) is 16.8 Å². The van der Waals surface area contributed by atoms with Crippen molar-refractivity contribution in [3.63, 3.8) is 0 Å². The average Bonchev–Trinajstić information content (AvgIpc) is 2.82. The number of aromatic hydroxyl groups is 1. The number of rotatable bonds is 4. The average molecular weight is 285 g/mol. The standard InChI is InChI=1S/C14H21ClN2O2/c1-16(2)11-4-5-17(9-11)8-10-6-12(15)14(18)13(7-10)19-3/h6-7,11,18H,4-5,8-9H2,1-3H3. The lowest BCUT2D eigenvalue weighted by molar-refractivity contribution is 0.264. The second-order valence-corrected chi connectivity index (χ2v) is 5.68. The normalized spacial score (nSPS) is 20.2. The molecule has 0 radical (unpaired) electrons. The van der Waals surface area contributed by atoms with Crippen molar-refractivity contribution in [3.8, 4) is 11.5 Å². The van der Waals surface area contributed by atoms with Gasteiger partial charge in [-0.2, -0.15) is 0 Å². The summed E-state index contributed by atoms with van der Waals surface area (Å²) in [5, 5.41) is 10.1. The molecule has 5 heteroatoms. The highest BCUT2D eigenvalue weighted by Gasteiger charge is 2.24. The number of methoxy groups -OCH3 is 1. The van der Waals surface area contributed by atoms with Crippen LogP contribution in [0.2, 0.25) is 5.02 Å². The molecule has 4 nitrogen and oxygen atoms in total. The van der Waals surface area contributed by atoms with Crippen LogP contribution < -0.4 is 4.74 Å². The molecule has 1 aromatic carbocycles. The Morgan fingerprint density at radius 3 is 2.79 bits per heavy atom. The molecule has 19 heavy (non-hydrogen) atoms. The van der Waals surface area contributed by atoms with Gasteiger partial charge in [-0.05, 0) is 38.2 Å². The maximum absolute atomic E-state index is 9.72. The molecule has 2 rings (SSSR count). The van der Waals surface area contributed by atoms with Gasteiger partial charge in [-0.1, -0.05) is 11.6 Å². The maximum atomic E-state index is 9.72. The highest BCUT2D eigenvalue weighted by atomic mass is 35.5. The Morgan fingerprint density at radius 2 is 2.21 bits per heavy atom. The minimum atomic E-state index is 0.0144. The van der Waals surface area contributed by atoms with E-state index < -0.39 is 0 Å². The summed E-state index contributed by atoms with van der Waals surface area (Å²) in [5.74, 6) is 0.450. The second-order valence-electron chi connectivity index (χ2n) is 5.27. The molecule has 0 amide bonds. The molecular weight excluding hydrogens is 264 g/mol. The van der Waals surface area contributed by atoms with E-state index in [-0.39, 0.29) is 5.75 Å². The van der Waals surface area contributed by atoms with Crippen molar-refractivity contribution < 1.29 is 9.84 Å². The van der Waals surface area contributed by atoms with Crippen LogP contribution in [0.25, 0.3) is 0 Å². The van der Waals surface area contributed by atoms with Crippen molar-refractivity contribution in [2.24, 2.45) is 0 Å². The van der Waals surface area contributed by atoms with Crippen molar-refractivity contribution in [1.29, 1.82) is 0 Å². The van der Waals surface area contributed by atoms with Crippen LogP contribution in [-0.2, 0) is 6.54 Å². The summed E-state index contributed by atoms with van der Waals surface area (Å²) >= 11 is 6.01. The number of phenols is 1. The van der Waals surface area contributed by atoms with Gasteiger partial charge in [0.1, 0.15) is 0 Å². The number of phenolic OH excluding ortho intramolecular Hbond substituents is 1. The molecule has 1 atom stereocenters. The lowest BCUT2D eigenvalue weighted by Crippen LogP contribution is -2.31. The summed E-state index contributed by atoms with van der Waals surface area (Å²) in [6.07, 6.45) is 1.19. The summed E-state index contributed by atoms with van der Waals surface area (Å²) in [6, 6.07) is 4.28. The zero-order valence-corrected chi connectivity index (χ0v) is 12.4. The molecule has 1 aliphatic heterocycles. The number of likely N-dealkylation sites (N-methyl/N-ethyl adjacent to an activating group) is 1. The topological polar surface area (TPSA) is 35.9 Å². The fourth-order valence-corrected chi connectivity index (χ4v) is 2.74. The van der Waals surface area contributed by atoms with Gasteiger partial charge < -0.3 is 14.7 Å². The molecule has 1 aliphatic rings. The third-order valence-corrected chi connectivity index (χ3v) is 3.98.